The minimum absolute atomic E-state index is 0.348. The molecule has 3 heteroatoms. The molecule has 0 bridgehead atoms. The fraction of sp³-hybridized carbons (Fsp3) is 0.647. The summed E-state index contributed by atoms with van der Waals surface area (Å²) in [5.74, 6) is 2.08. The molecule has 112 valence electrons. The SMILES string of the molecule is CCCOc1ccc(C(O)C2CCC(C)CC2)cc1Br. The van der Waals surface area contributed by atoms with Crippen LogP contribution in [0.15, 0.2) is 22.7 Å². The predicted octanol–water partition coefficient (Wildman–Crippen LogP) is 5.10. The quantitative estimate of drug-likeness (QED) is 0.808. The number of rotatable bonds is 5. The maximum Gasteiger partial charge on any atom is 0.133 e. The molecule has 0 aromatic heterocycles. The number of halogens is 1. The third-order valence-corrected chi connectivity index (χ3v) is 4.89. The van der Waals surface area contributed by atoms with Gasteiger partial charge < -0.3 is 9.84 Å². The summed E-state index contributed by atoms with van der Waals surface area (Å²) in [6.07, 6.45) is 5.39. The van der Waals surface area contributed by atoms with Gasteiger partial charge in [-0.2, -0.15) is 0 Å². The molecule has 2 nitrogen and oxygen atoms in total. The summed E-state index contributed by atoms with van der Waals surface area (Å²) in [6, 6.07) is 5.97. The highest BCUT2D eigenvalue weighted by molar-refractivity contribution is 9.10. The summed E-state index contributed by atoms with van der Waals surface area (Å²) >= 11 is 3.54. The Morgan fingerprint density at radius 3 is 2.60 bits per heavy atom. The van der Waals surface area contributed by atoms with Crippen molar-refractivity contribution in [2.45, 2.75) is 52.1 Å². The molecule has 1 saturated carbocycles. The molecular weight excluding hydrogens is 316 g/mol. The minimum Gasteiger partial charge on any atom is -0.492 e. The second-order valence-corrected chi connectivity index (χ2v) is 6.86. The summed E-state index contributed by atoms with van der Waals surface area (Å²) in [7, 11) is 0. The lowest BCUT2D eigenvalue weighted by molar-refractivity contribution is 0.0754. The zero-order valence-corrected chi connectivity index (χ0v) is 14.0. The summed E-state index contributed by atoms with van der Waals surface area (Å²) in [5.41, 5.74) is 1.00. The minimum atomic E-state index is -0.348. The van der Waals surface area contributed by atoms with Crippen molar-refractivity contribution in [1.82, 2.24) is 0 Å². The van der Waals surface area contributed by atoms with Crippen molar-refractivity contribution in [2.24, 2.45) is 11.8 Å². The largest absolute Gasteiger partial charge is 0.492 e. The van der Waals surface area contributed by atoms with Crippen LogP contribution in [0.3, 0.4) is 0 Å². The predicted molar refractivity (Wildman–Crippen MR) is 86.0 cm³/mol. The van der Waals surface area contributed by atoms with Crippen LogP contribution in [-0.2, 0) is 0 Å². The van der Waals surface area contributed by atoms with Crippen LogP contribution in [0, 0.1) is 11.8 Å². The summed E-state index contributed by atoms with van der Waals surface area (Å²) in [5, 5.41) is 10.6. The molecule has 2 rings (SSSR count). The van der Waals surface area contributed by atoms with Gasteiger partial charge in [-0.05, 0) is 64.7 Å². The van der Waals surface area contributed by atoms with E-state index in [0.29, 0.717) is 5.92 Å². The third kappa shape index (κ3) is 3.98. The number of hydrogen-bond acceptors (Lipinski definition) is 2. The molecule has 1 aromatic rings. The average molecular weight is 341 g/mol. The summed E-state index contributed by atoms with van der Waals surface area (Å²) in [6.45, 7) is 5.12. The fourth-order valence-electron chi connectivity index (χ4n) is 2.90. The summed E-state index contributed by atoms with van der Waals surface area (Å²) < 4.78 is 6.59. The van der Waals surface area contributed by atoms with Crippen molar-refractivity contribution in [2.75, 3.05) is 6.61 Å². The molecule has 0 saturated heterocycles. The van der Waals surface area contributed by atoms with Gasteiger partial charge in [-0.1, -0.05) is 32.8 Å². The molecule has 0 aliphatic heterocycles. The van der Waals surface area contributed by atoms with E-state index < -0.39 is 0 Å². The normalized spacial score (nSPS) is 24.4. The Kier molecular flexibility index (Phi) is 5.91. The van der Waals surface area contributed by atoms with Gasteiger partial charge in [0.1, 0.15) is 5.75 Å². The molecule has 0 amide bonds. The highest BCUT2D eigenvalue weighted by atomic mass is 79.9. The van der Waals surface area contributed by atoms with Gasteiger partial charge in [-0.15, -0.1) is 0 Å². The van der Waals surface area contributed by atoms with Gasteiger partial charge >= 0.3 is 0 Å². The van der Waals surface area contributed by atoms with Crippen molar-refractivity contribution >= 4 is 15.9 Å². The molecule has 1 fully saturated rings. The van der Waals surface area contributed by atoms with Crippen LogP contribution < -0.4 is 4.74 Å². The highest BCUT2D eigenvalue weighted by Gasteiger charge is 2.26. The monoisotopic (exact) mass is 340 g/mol. The highest BCUT2D eigenvalue weighted by Crippen LogP contribution is 2.38. The molecule has 1 N–H and O–H groups in total. The van der Waals surface area contributed by atoms with Gasteiger partial charge in [0.25, 0.3) is 0 Å². The van der Waals surface area contributed by atoms with Crippen LogP contribution in [0.4, 0.5) is 0 Å². The zero-order valence-electron chi connectivity index (χ0n) is 12.4. The lowest BCUT2D eigenvalue weighted by atomic mass is 9.78. The van der Waals surface area contributed by atoms with E-state index >= 15 is 0 Å². The second kappa shape index (κ2) is 7.46. The van der Waals surface area contributed by atoms with Crippen molar-refractivity contribution in [3.63, 3.8) is 0 Å². The number of benzene rings is 1. The molecule has 0 heterocycles. The average Bonchev–Trinajstić information content (AvgIpc) is 2.46. The molecule has 0 spiro atoms. The standard InChI is InChI=1S/C17H25BrO2/c1-3-10-20-16-9-8-14(11-15(16)18)17(19)13-6-4-12(2)5-7-13/h8-9,11-13,17,19H,3-7,10H2,1-2H3. The van der Waals surface area contributed by atoms with Crippen molar-refractivity contribution in [1.29, 1.82) is 0 Å². The van der Waals surface area contributed by atoms with Crippen molar-refractivity contribution in [3.05, 3.63) is 28.2 Å². The van der Waals surface area contributed by atoms with E-state index in [9.17, 15) is 5.11 Å². The van der Waals surface area contributed by atoms with E-state index in [1.807, 2.05) is 18.2 Å². The molecular formula is C17H25BrO2. The third-order valence-electron chi connectivity index (χ3n) is 4.27. The van der Waals surface area contributed by atoms with Crippen LogP contribution >= 0.6 is 15.9 Å². The van der Waals surface area contributed by atoms with Crippen LogP contribution in [0.2, 0.25) is 0 Å². The van der Waals surface area contributed by atoms with E-state index in [4.69, 9.17) is 4.74 Å². The first-order chi connectivity index (χ1) is 9.61. The van der Waals surface area contributed by atoms with Gasteiger partial charge in [-0.3, -0.25) is 0 Å². The maximum atomic E-state index is 10.6. The van der Waals surface area contributed by atoms with Gasteiger partial charge in [0.05, 0.1) is 17.2 Å². The number of aliphatic hydroxyl groups excluding tert-OH is 1. The van der Waals surface area contributed by atoms with Crippen LogP contribution in [0.5, 0.6) is 5.75 Å². The van der Waals surface area contributed by atoms with Gasteiger partial charge in [0.2, 0.25) is 0 Å². The number of aliphatic hydroxyl groups is 1. The van der Waals surface area contributed by atoms with E-state index in [1.165, 1.54) is 12.8 Å². The van der Waals surface area contributed by atoms with E-state index in [1.54, 1.807) is 0 Å². The van der Waals surface area contributed by atoms with E-state index in [2.05, 4.69) is 29.8 Å². The fourth-order valence-corrected chi connectivity index (χ4v) is 3.41. The van der Waals surface area contributed by atoms with Crippen LogP contribution in [0.1, 0.15) is 57.6 Å². The molecule has 1 aliphatic rings. The molecule has 1 unspecified atom stereocenters. The topological polar surface area (TPSA) is 29.5 Å². The Hall–Kier alpha value is -0.540. The van der Waals surface area contributed by atoms with Gasteiger partial charge in [-0.25, -0.2) is 0 Å². The summed E-state index contributed by atoms with van der Waals surface area (Å²) in [4.78, 5) is 0. The van der Waals surface area contributed by atoms with E-state index in [0.717, 1.165) is 47.6 Å². The molecule has 20 heavy (non-hydrogen) atoms. The van der Waals surface area contributed by atoms with Crippen LogP contribution in [0.25, 0.3) is 0 Å². The molecule has 1 atom stereocenters. The van der Waals surface area contributed by atoms with Gasteiger partial charge in [0, 0.05) is 0 Å². The lowest BCUT2D eigenvalue weighted by Crippen LogP contribution is -2.19. The number of hydrogen-bond donors (Lipinski definition) is 1. The van der Waals surface area contributed by atoms with Crippen LogP contribution in [-0.4, -0.2) is 11.7 Å². The van der Waals surface area contributed by atoms with Crippen molar-refractivity contribution in [3.8, 4) is 5.75 Å². The first-order valence-corrected chi connectivity index (χ1v) is 8.51. The van der Waals surface area contributed by atoms with Gasteiger partial charge in [0.15, 0.2) is 0 Å². The first kappa shape index (κ1) is 15.8. The smallest absolute Gasteiger partial charge is 0.133 e. The zero-order chi connectivity index (χ0) is 14.5. The molecule has 1 aromatic carbocycles. The lowest BCUT2D eigenvalue weighted by Gasteiger charge is -2.30. The second-order valence-electron chi connectivity index (χ2n) is 6.00. The van der Waals surface area contributed by atoms with E-state index in [-0.39, 0.29) is 6.10 Å². The first-order valence-electron chi connectivity index (χ1n) is 7.72. The Balaban J connectivity index is 2.03. The number of ether oxygens (including phenoxy) is 1. The molecule has 1 aliphatic carbocycles. The Morgan fingerprint density at radius 1 is 1.30 bits per heavy atom. The maximum absolute atomic E-state index is 10.6. The Morgan fingerprint density at radius 2 is 2.00 bits per heavy atom. The van der Waals surface area contributed by atoms with Crippen molar-refractivity contribution < 1.29 is 9.84 Å². The Bertz CT molecular complexity index is 425. The molecule has 0 radical (unpaired) electrons. The Labute approximate surface area is 130 Å².